The van der Waals surface area contributed by atoms with Gasteiger partial charge in [0, 0.05) is 33.4 Å². The maximum Gasteiger partial charge on any atom is 0.129 e. The lowest BCUT2D eigenvalue weighted by Gasteiger charge is -2.25. The van der Waals surface area contributed by atoms with Gasteiger partial charge < -0.3 is 10.0 Å². The minimum absolute atomic E-state index is 0.0460. The Morgan fingerprint density at radius 1 is 1.38 bits per heavy atom. The molecule has 2 unspecified atom stereocenters. The lowest BCUT2D eigenvalue weighted by molar-refractivity contribution is 0.0904. The highest BCUT2D eigenvalue weighted by molar-refractivity contribution is 9.10. The monoisotopic (exact) mass is 371 g/mol. The van der Waals surface area contributed by atoms with E-state index in [1.807, 2.05) is 14.0 Å². The highest BCUT2D eigenvalue weighted by Gasteiger charge is 2.20. The Hall–Kier alpha value is -0.750. The second kappa shape index (κ2) is 7.49. The maximum atomic E-state index is 13.7. The van der Waals surface area contributed by atoms with Crippen LogP contribution in [0.5, 0.6) is 0 Å². The topological polar surface area (TPSA) is 23.5 Å². The van der Waals surface area contributed by atoms with Gasteiger partial charge in [0.2, 0.25) is 0 Å². The van der Waals surface area contributed by atoms with Crippen molar-refractivity contribution in [3.63, 3.8) is 0 Å². The van der Waals surface area contributed by atoms with Gasteiger partial charge in [-0.15, -0.1) is 11.3 Å². The molecule has 0 aliphatic carbocycles. The van der Waals surface area contributed by atoms with E-state index in [0.29, 0.717) is 12.1 Å². The second-order valence-corrected chi connectivity index (χ2v) is 7.28. The Morgan fingerprint density at radius 2 is 2.10 bits per heavy atom. The molecule has 0 saturated heterocycles. The molecule has 0 spiro atoms. The van der Waals surface area contributed by atoms with Crippen LogP contribution in [0.2, 0.25) is 0 Å². The number of nitrogens with zero attached hydrogens (tertiary/aromatic N) is 1. The van der Waals surface area contributed by atoms with E-state index < -0.39 is 6.10 Å². The van der Waals surface area contributed by atoms with Crippen molar-refractivity contribution >= 4 is 27.3 Å². The molecular weight excluding hydrogens is 353 g/mol. The molecule has 21 heavy (non-hydrogen) atoms. The summed E-state index contributed by atoms with van der Waals surface area (Å²) < 4.78 is 14.8. The van der Waals surface area contributed by atoms with Crippen LogP contribution in [0.3, 0.4) is 0 Å². The van der Waals surface area contributed by atoms with E-state index in [1.54, 1.807) is 29.5 Å². The fourth-order valence-corrected chi connectivity index (χ4v) is 3.91. The van der Waals surface area contributed by atoms with E-state index in [4.69, 9.17) is 0 Å². The summed E-state index contributed by atoms with van der Waals surface area (Å²) in [7, 11) is 2.01. The number of aliphatic hydroxyl groups is 1. The van der Waals surface area contributed by atoms with Gasteiger partial charge in [-0.3, -0.25) is 0 Å². The van der Waals surface area contributed by atoms with Crippen LogP contribution in [-0.4, -0.2) is 23.6 Å². The third-order valence-corrected chi connectivity index (χ3v) is 5.09. The lowest BCUT2D eigenvalue weighted by Crippen LogP contribution is -2.27. The van der Waals surface area contributed by atoms with Gasteiger partial charge in [-0.2, -0.15) is 0 Å². The van der Waals surface area contributed by atoms with Crippen LogP contribution in [0.1, 0.15) is 23.5 Å². The van der Waals surface area contributed by atoms with Crippen molar-refractivity contribution < 1.29 is 9.50 Å². The zero-order valence-electron chi connectivity index (χ0n) is 12.1. The van der Waals surface area contributed by atoms with Gasteiger partial charge in [-0.25, -0.2) is 4.39 Å². The van der Waals surface area contributed by atoms with E-state index in [1.165, 1.54) is 10.9 Å². The quantitative estimate of drug-likeness (QED) is 0.810. The lowest BCUT2D eigenvalue weighted by atomic mass is 9.96. The molecule has 1 aromatic heterocycles. The summed E-state index contributed by atoms with van der Waals surface area (Å²) in [5, 5.41) is 12.4. The maximum absolute atomic E-state index is 13.7. The first kappa shape index (κ1) is 16.6. The third-order valence-electron chi connectivity index (χ3n) is 3.41. The van der Waals surface area contributed by atoms with Crippen molar-refractivity contribution in [2.24, 2.45) is 5.92 Å². The van der Waals surface area contributed by atoms with Crippen molar-refractivity contribution in [1.29, 1.82) is 0 Å². The number of aliphatic hydroxyl groups excluding tert-OH is 1. The van der Waals surface area contributed by atoms with E-state index in [-0.39, 0.29) is 11.7 Å². The van der Waals surface area contributed by atoms with Crippen LogP contribution in [0, 0.1) is 11.7 Å². The Balaban J connectivity index is 1.94. The molecule has 0 aliphatic heterocycles. The minimum atomic E-state index is -0.788. The molecule has 2 atom stereocenters. The summed E-state index contributed by atoms with van der Waals surface area (Å²) in [6.07, 6.45) is -0.788. The number of rotatable bonds is 6. The van der Waals surface area contributed by atoms with Crippen LogP contribution in [0.15, 0.2) is 40.2 Å². The van der Waals surface area contributed by atoms with Crippen molar-refractivity contribution in [2.45, 2.75) is 19.6 Å². The Bertz CT molecular complexity index is 589. The number of hydrogen-bond donors (Lipinski definition) is 1. The molecule has 2 rings (SSSR count). The number of benzene rings is 1. The highest BCUT2D eigenvalue weighted by Crippen LogP contribution is 2.26. The van der Waals surface area contributed by atoms with Crippen molar-refractivity contribution in [3.8, 4) is 0 Å². The zero-order valence-corrected chi connectivity index (χ0v) is 14.5. The number of hydrogen-bond acceptors (Lipinski definition) is 3. The van der Waals surface area contributed by atoms with Gasteiger partial charge in [0.05, 0.1) is 6.10 Å². The van der Waals surface area contributed by atoms with Gasteiger partial charge >= 0.3 is 0 Å². The summed E-state index contributed by atoms with van der Waals surface area (Å²) in [5.41, 5.74) is 0.372. The van der Waals surface area contributed by atoms with Gasteiger partial charge in [-0.1, -0.05) is 25.1 Å². The molecule has 5 heteroatoms. The Labute approximate surface area is 137 Å². The molecular formula is C16H19BrFNOS. The standard InChI is InChI=1S/C16H19BrFNOS/c1-11(16(20)14-5-3-4-6-15(14)18)8-19(2)9-13-7-12(17)10-21-13/h3-7,10-11,16,20H,8-9H2,1-2H3. The highest BCUT2D eigenvalue weighted by atomic mass is 79.9. The molecule has 0 saturated carbocycles. The van der Waals surface area contributed by atoms with Gasteiger partial charge in [-0.05, 0) is 41.0 Å². The van der Waals surface area contributed by atoms with E-state index >= 15 is 0 Å². The average molecular weight is 372 g/mol. The molecule has 1 heterocycles. The first-order chi connectivity index (χ1) is 9.97. The molecule has 2 nitrogen and oxygen atoms in total. The smallest absolute Gasteiger partial charge is 0.129 e. The molecule has 1 aromatic carbocycles. The van der Waals surface area contributed by atoms with Crippen molar-refractivity contribution in [1.82, 2.24) is 4.90 Å². The fraction of sp³-hybridized carbons (Fsp3) is 0.375. The first-order valence-electron chi connectivity index (χ1n) is 6.81. The zero-order chi connectivity index (χ0) is 15.4. The summed E-state index contributed by atoms with van der Waals surface area (Å²) >= 11 is 5.15. The first-order valence-corrected chi connectivity index (χ1v) is 8.48. The van der Waals surface area contributed by atoms with Crippen molar-refractivity contribution in [2.75, 3.05) is 13.6 Å². The van der Waals surface area contributed by atoms with Crippen LogP contribution < -0.4 is 0 Å². The van der Waals surface area contributed by atoms with Crippen LogP contribution in [0.4, 0.5) is 4.39 Å². The molecule has 114 valence electrons. The second-order valence-electron chi connectivity index (χ2n) is 5.37. The number of halogens is 2. The van der Waals surface area contributed by atoms with Gasteiger partial charge in [0.15, 0.2) is 0 Å². The molecule has 0 aliphatic rings. The van der Waals surface area contributed by atoms with Gasteiger partial charge in [0.25, 0.3) is 0 Å². The summed E-state index contributed by atoms with van der Waals surface area (Å²) in [6.45, 7) is 3.47. The molecule has 0 amide bonds. The Kier molecular flexibility index (Phi) is 5.93. The third kappa shape index (κ3) is 4.61. The largest absolute Gasteiger partial charge is 0.388 e. The van der Waals surface area contributed by atoms with Crippen LogP contribution >= 0.6 is 27.3 Å². The van der Waals surface area contributed by atoms with Crippen LogP contribution in [-0.2, 0) is 6.54 Å². The fourth-order valence-electron chi connectivity index (χ4n) is 2.38. The molecule has 0 radical (unpaired) electrons. The van der Waals surface area contributed by atoms with Crippen LogP contribution in [0.25, 0.3) is 0 Å². The molecule has 0 fully saturated rings. The average Bonchev–Trinajstić information content (AvgIpc) is 2.83. The van der Waals surface area contributed by atoms with E-state index in [9.17, 15) is 9.50 Å². The minimum Gasteiger partial charge on any atom is -0.388 e. The predicted molar refractivity (Wildman–Crippen MR) is 88.9 cm³/mol. The van der Waals surface area contributed by atoms with Gasteiger partial charge in [0.1, 0.15) is 5.82 Å². The number of thiophene rings is 1. The predicted octanol–water partition coefficient (Wildman–Crippen LogP) is 4.45. The SMILES string of the molecule is CC(CN(C)Cc1cc(Br)cs1)C(O)c1ccccc1F. The van der Waals surface area contributed by atoms with Crippen molar-refractivity contribution in [3.05, 3.63) is 56.4 Å². The normalized spacial score (nSPS) is 14.4. The van der Waals surface area contributed by atoms with E-state index in [2.05, 4.69) is 32.3 Å². The summed E-state index contributed by atoms with van der Waals surface area (Å²) in [6, 6.07) is 8.52. The summed E-state index contributed by atoms with van der Waals surface area (Å²) in [4.78, 5) is 3.41. The molecule has 2 aromatic rings. The Morgan fingerprint density at radius 3 is 2.71 bits per heavy atom. The molecule has 0 bridgehead atoms. The van der Waals surface area contributed by atoms with E-state index in [0.717, 1.165) is 11.0 Å². The summed E-state index contributed by atoms with van der Waals surface area (Å²) in [5.74, 6) is -0.392. The molecule has 1 N–H and O–H groups in total.